The Morgan fingerprint density at radius 2 is 1.83 bits per heavy atom. The van der Waals surface area contributed by atoms with Crippen molar-refractivity contribution < 1.29 is 19.4 Å². The van der Waals surface area contributed by atoms with Gasteiger partial charge in [0.05, 0.1) is 11.3 Å². The predicted molar refractivity (Wildman–Crippen MR) is 56.9 cm³/mol. The fourth-order valence-electron chi connectivity index (χ4n) is 1.91. The largest absolute Gasteiger partial charge is 0.285 e. The highest BCUT2D eigenvalue weighted by Crippen LogP contribution is 2.29. The smallest absolute Gasteiger partial charge is 0.282 e. The summed E-state index contributed by atoms with van der Waals surface area (Å²) in [6.07, 6.45) is -0.427. The van der Waals surface area contributed by atoms with E-state index in [0.717, 1.165) is 6.07 Å². The van der Waals surface area contributed by atoms with Gasteiger partial charge in [0.25, 0.3) is 17.5 Å². The predicted octanol–water partition coefficient (Wildman–Crippen LogP) is 0.548. The third-order valence-corrected chi connectivity index (χ3v) is 2.77. The van der Waals surface area contributed by atoms with Gasteiger partial charge in [-0.25, -0.2) is 0 Å². The van der Waals surface area contributed by atoms with Crippen LogP contribution in [0.5, 0.6) is 0 Å². The Kier molecular flexibility index (Phi) is 2.62. The van der Waals surface area contributed by atoms with Crippen LogP contribution < -0.4 is 0 Å². The van der Waals surface area contributed by atoms with Gasteiger partial charge in [-0.15, -0.1) is 0 Å². The lowest BCUT2D eigenvalue weighted by molar-refractivity contribution is -0.506. The molecular formula is C10H6N2O6. The number of nitro benzene ring substituents is 1. The van der Waals surface area contributed by atoms with Crippen molar-refractivity contribution in [2.24, 2.45) is 0 Å². The molecule has 0 fully saturated rings. The van der Waals surface area contributed by atoms with Gasteiger partial charge in [-0.1, -0.05) is 12.1 Å². The van der Waals surface area contributed by atoms with Gasteiger partial charge >= 0.3 is 0 Å². The monoisotopic (exact) mass is 250 g/mol. The number of hydrogen-bond acceptors (Lipinski definition) is 6. The van der Waals surface area contributed by atoms with Gasteiger partial charge in [-0.3, -0.25) is 29.8 Å². The van der Waals surface area contributed by atoms with Crippen LogP contribution >= 0.6 is 0 Å². The summed E-state index contributed by atoms with van der Waals surface area (Å²) >= 11 is 0. The average Bonchev–Trinajstić information content (AvgIpc) is 2.32. The van der Waals surface area contributed by atoms with Gasteiger partial charge in [0.15, 0.2) is 0 Å². The number of nitrogens with zero attached hydrogens (tertiary/aromatic N) is 2. The second-order valence-corrected chi connectivity index (χ2v) is 3.76. The molecule has 2 rings (SSSR count). The second kappa shape index (κ2) is 3.99. The molecule has 1 atom stereocenters. The number of Topliss-reactive ketones (excluding diaryl/α,β-unsaturated/α-hetero) is 2. The number of hydrogen-bond donors (Lipinski definition) is 0. The first-order valence-corrected chi connectivity index (χ1v) is 4.91. The first-order chi connectivity index (χ1) is 8.43. The SMILES string of the molecule is O=C1C(=O)C([N+](=O)[O-])Cc2c1cccc2[N+](=O)[O-]. The van der Waals surface area contributed by atoms with Crippen LogP contribution in [0.2, 0.25) is 0 Å². The van der Waals surface area contributed by atoms with Gasteiger partial charge in [0.1, 0.15) is 0 Å². The highest BCUT2D eigenvalue weighted by molar-refractivity contribution is 6.46. The second-order valence-electron chi connectivity index (χ2n) is 3.76. The molecule has 0 amide bonds. The summed E-state index contributed by atoms with van der Waals surface area (Å²) in [7, 11) is 0. The summed E-state index contributed by atoms with van der Waals surface area (Å²) in [5, 5.41) is 21.4. The molecule has 0 radical (unpaired) electrons. The van der Waals surface area contributed by atoms with Crippen molar-refractivity contribution in [1.29, 1.82) is 0 Å². The van der Waals surface area contributed by atoms with Gasteiger partial charge in [0, 0.05) is 22.1 Å². The minimum absolute atomic E-state index is 0.0474. The number of rotatable bonds is 2. The van der Waals surface area contributed by atoms with Crippen LogP contribution in [-0.4, -0.2) is 27.5 Å². The van der Waals surface area contributed by atoms with Crippen LogP contribution in [0, 0.1) is 20.2 Å². The van der Waals surface area contributed by atoms with E-state index in [1.54, 1.807) is 0 Å². The fraction of sp³-hybridized carbons (Fsp3) is 0.200. The zero-order chi connectivity index (χ0) is 13.4. The maximum absolute atomic E-state index is 11.6. The first kappa shape index (κ1) is 11.8. The Labute approximate surface area is 99.5 Å². The molecule has 0 saturated carbocycles. The number of ketones is 2. The summed E-state index contributed by atoms with van der Waals surface area (Å²) in [6, 6.07) is 1.96. The molecule has 1 aromatic rings. The molecule has 0 aromatic heterocycles. The Balaban J connectivity index is 2.63. The molecule has 92 valence electrons. The van der Waals surface area contributed by atoms with E-state index in [1.165, 1.54) is 12.1 Å². The standard InChI is InChI=1S/C10H6N2O6/c13-9-5-2-1-3-7(11(15)16)6(5)4-8(10(9)14)12(17)18/h1-3,8H,4H2. The zero-order valence-corrected chi connectivity index (χ0v) is 8.86. The third-order valence-electron chi connectivity index (χ3n) is 2.77. The molecule has 0 aliphatic heterocycles. The quantitative estimate of drug-likeness (QED) is 0.429. The minimum atomic E-state index is -1.73. The van der Waals surface area contributed by atoms with E-state index in [4.69, 9.17) is 0 Å². The Morgan fingerprint density at radius 1 is 1.17 bits per heavy atom. The molecule has 1 aromatic carbocycles. The van der Waals surface area contributed by atoms with Crippen LogP contribution in [0.1, 0.15) is 15.9 Å². The first-order valence-electron chi connectivity index (χ1n) is 4.91. The minimum Gasteiger partial charge on any atom is -0.285 e. The molecule has 0 bridgehead atoms. The van der Waals surface area contributed by atoms with Crippen molar-refractivity contribution >= 4 is 17.3 Å². The van der Waals surface area contributed by atoms with Gasteiger partial charge in [-0.05, 0) is 0 Å². The van der Waals surface area contributed by atoms with E-state index in [2.05, 4.69) is 0 Å². The van der Waals surface area contributed by atoms with E-state index >= 15 is 0 Å². The normalized spacial score (nSPS) is 18.3. The summed E-state index contributed by atoms with van der Waals surface area (Å²) in [5.74, 6) is -2.17. The lowest BCUT2D eigenvalue weighted by atomic mass is 9.85. The van der Waals surface area contributed by atoms with Crippen LogP contribution in [-0.2, 0) is 11.2 Å². The van der Waals surface area contributed by atoms with E-state index in [0.29, 0.717) is 0 Å². The van der Waals surface area contributed by atoms with E-state index in [9.17, 15) is 29.8 Å². The molecular weight excluding hydrogens is 244 g/mol. The summed E-state index contributed by atoms with van der Waals surface area (Å²) in [6.45, 7) is 0. The highest BCUT2D eigenvalue weighted by atomic mass is 16.6. The number of fused-ring (bicyclic) bond motifs is 1. The fourth-order valence-corrected chi connectivity index (χ4v) is 1.91. The maximum Gasteiger partial charge on any atom is 0.282 e. The Bertz CT molecular complexity index is 594. The van der Waals surface area contributed by atoms with Crippen molar-refractivity contribution in [2.45, 2.75) is 12.5 Å². The van der Waals surface area contributed by atoms with Crippen molar-refractivity contribution in [1.82, 2.24) is 0 Å². The molecule has 1 aliphatic carbocycles. The van der Waals surface area contributed by atoms with E-state index < -0.39 is 33.9 Å². The molecule has 0 spiro atoms. The summed E-state index contributed by atoms with van der Waals surface area (Å²) in [5.41, 5.74) is -0.540. The number of nitro groups is 2. The molecule has 8 heteroatoms. The van der Waals surface area contributed by atoms with Crippen molar-refractivity contribution in [3.63, 3.8) is 0 Å². The van der Waals surface area contributed by atoms with Gasteiger partial charge < -0.3 is 0 Å². The number of carbonyl (C=O) groups is 2. The lowest BCUT2D eigenvalue weighted by Gasteiger charge is -2.16. The number of carbonyl (C=O) groups excluding carboxylic acids is 2. The van der Waals surface area contributed by atoms with Gasteiger partial charge in [-0.2, -0.15) is 0 Å². The summed E-state index contributed by atoms with van der Waals surface area (Å²) < 4.78 is 0. The third kappa shape index (κ3) is 1.63. The van der Waals surface area contributed by atoms with Crippen LogP contribution in [0.4, 0.5) is 5.69 Å². The van der Waals surface area contributed by atoms with Gasteiger partial charge in [0.2, 0.25) is 5.78 Å². The average molecular weight is 250 g/mol. The summed E-state index contributed by atoms with van der Waals surface area (Å²) in [4.78, 5) is 42.9. The van der Waals surface area contributed by atoms with Crippen LogP contribution in [0.3, 0.4) is 0 Å². The lowest BCUT2D eigenvalue weighted by Crippen LogP contribution is -2.41. The van der Waals surface area contributed by atoms with Crippen LogP contribution in [0.25, 0.3) is 0 Å². The van der Waals surface area contributed by atoms with E-state index in [-0.39, 0.29) is 16.8 Å². The number of benzene rings is 1. The highest BCUT2D eigenvalue weighted by Gasteiger charge is 2.44. The zero-order valence-electron chi connectivity index (χ0n) is 8.86. The molecule has 18 heavy (non-hydrogen) atoms. The Morgan fingerprint density at radius 3 is 2.39 bits per heavy atom. The molecule has 0 saturated heterocycles. The van der Waals surface area contributed by atoms with E-state index in [1.807, 2.05) is 0 Å². The Hall–Kier alpha value is -2.64. The molecule has 1 aliphatic rings. The van der Waals surface area contributed by atoms with Crippen molar-refractivity contribution in [3.05, 3.63) is 49.6 Å². The van der Waals surface area contributed by atoms with Crippen LogP contribution in [0.15, 0.2) is 18.2 Å². The topological polar surface area (TPSA) is 120 Å². The van der Waals surface area contributed by atoms with Crippen molar-refractivity contribution in [3.8, 4) is 0 Å². The molecule has 0 heterocycles. The molecule has 1 unspecified atom stereocenters. The maximum atomic E-state index is 11.6. The van der Waals surface area contributed by atoms with Crippen molar-refractivity contribution in [2.75, 3.05) is 0 Å². The molecule has 8 nitrogen and oxygen atoms in total. The molecule has 0 N–H and O–H groups in total.